The molecule has 27 heavy (non-hydrogen) atoms. The van der Waals surface area contributed by atoms with E-state index in [2.05, 4.69) is 67.9 Å². The average molecular weight is 371 g/mol. The van der Waals surface area contributed by atoms with E-state index < -0.39 is 6.10 Å². The summed E-state index contributed by atoms with van der Waals surface area (Å²) >= 11 is 0. The number of hydrogen-bond donors (Lipinski definition) is 3. The van der Waals surface area contributed by atoms with Crippen LogP contribution in [0.5, 0.6) is 0 Å². The summed E-state index contributed by atoms with van der Waals surface area (Å²) in [7, 11) is 4.33. The molecule has 2 aromatic rings. The number of ether oxygens (including phenoxy) is 1. The van der Waals surface area contributed by atoms with Crippen LogP contribution in [0.1, 0.15) is 41.2 Å². The molecule has 4 N–H and O–H groups in total. The molecule has 0 saturated carbocycles. The van der Waals surface area contributed by atoms with Crippen LogP contribution in [0, 0.1) is 0 Å². The summed E-state index contributed by atoms with van der Waals surface area (Å²) in [6, 6.07) is 17.3. The Labute approximate surface area is 163 Å². The molecule has 0 fully saturated rings. The Hall–Kier alpha value is -1.72. The number of aliphatic hydroxyl groups is 1. The summed E-state index contributed by atoms with van der Waals surface area (Å²) in [4.78, 5) is 1.43. The van der Waals surface area contributed by atoms with Gasteiger partial charge in [-0.2, -0.15) is 0 Å². The highest BCUT2D eigenvalue weighted by Gasteiger charge is 2.21. The third-order valence-electron chi connectivity index (χ3n) is 5.20. The van der Waals surface area contributed by atoms with Crippen molar-refractivity contribution in [2.75, 3.05) is 27.2 Å². The van der Waals surface area contributed by atoms with Gasteiger partial charge in [0.15, 0.2) is 0 Å². The fourth-order valence-corrected chi connectivity index (χ4v) is 3.82. The van der Waals surface area contributed by atoms with Gasteiger partial charge in [-0.3, -0.25) is 0 Å². The Balaban J connectivity index is 1.38. The number of benzene rings is 2. The van der Waals surface area contributed by atoms with Crippen molar-refractivity contribution in [3.05, 3.63) is 70.8 Å². The molecular weight excluding hydrogens is 336 g/mol. The van der Waals surface area contributed by atoms with Crippen molar-refractivity contribution in [1.82, 2.24) is 0 Å². The number of nitrogens with one attached hydrogen (secondary N) is 1. The van der Waals surface area contributed by atoms with E-state index in [0.717, 1.165) is 32.4 Å². The minimum absolute atomic E-state index is 0.135. The van der Waals surface area contributed by atoms with Crippen LogP contribution in [-0.4, -0.2) is 38.5 Å². The van der Waals surface area contributed by atoms with Crippen molar-refractivity contribution in [1.29, 1.82) is 0 Å². The number of fused-ring (bicyclic) bond motifs is 1. The Morgan fingerprint density at radius 1 is 1.11 bits per heavy atom. The predicted molar refractivity (Wildman–Crippen MR) is 108 cm³/mol. The van der Waals surface area contributed by atoms with Crippen LogP contribution in [0.4, 0.5) is 0 Å². The van der Waals surface area contributed by atoms with Gasteiger partial charge in [0, 0.05) is 11.1 Å². The van der Waals surface area contributed by atoms with E-state index in [1.165, 1.54) is 27.2 Å². The monoisotopic (exact) mass is 370 g/mol. The molecule has 0 bridgehead atoms. The molecule has 1 aliphatic rings. The van der Waals surface area contributed by atoms with Gasteiger partial charge < -0.3 is 20.1 Å². The summed E-state index contributed by atoms with van der Waals surface area (Å²) in [5, 5.41) is 12.5. The molecule has 0 radical (unpaired) electrons. The van der Waals surface area contributed by atoms with Crippen LogP contribution in [-0.2, 0) is 24.2 Å². The minimum atomic E-state index is -0.435. The van der Waals surface area contributed by atoms with E-state index in [0.29, 0.717) is 13.2 Å². The second-order valence-corrected chi connectivity index (χ2v) is 8.00. The van der Waals surface area contributed by atoms with Gasteiger partial charge in [-0.1, -0.05) is 48.5 Å². The average Bonchev–Trinajstić information content (AvgIpc) is 2.67. The first-order chi connectivity index (χ1) is 13.1. The van der Waals surface area contributed by atoms with E-state index in [9.17, 15) is 5.11 Å². The number of aliphatic hydroxyl groups excluding tert-OH is 1. The van der Waals surface area contributed by atoms with E-state index in [1.807, 2.05) is 0 Å². The maximum atomic E-state index is 10.3. The number of quaternary nitrogens is 2. The molecule has 146 valence electrons. The molecule has 2 aromatic carbocycles. The highest BCUT2D eigenvalue weighted by molar-refractivity contribution is 5.31. The van der Waals surface area contributed by atoms with E-state index in [1.54, 1.807) is 0 Å². The Bertz CT molecular complexity index is 700. The standard InChI is InChI=1S/C23H32N2O2/c1-25(2)16-19-12-10-18(11-13-19)14-24-15-21(26)17-27-23-9-5-7-20-6-3-4-8-22(20)23/h3-4,6,8,10-13,21,23-24,26H,5,7,9,14-17H2,1-2H3/p+2/t21-,23-/m0/s1. The Morgan fingerprint density at radius 2 is 1.85 bits per heavy atom. The summed E-state index contributed by atoms with van der Waals surface area (Å²) in [5.41, 5.74) is 5.36. The second kappa shape index (κ2) is 10.00. The number of nitrogens with two attached hydrogens (primary N) is 1. The Morgan fingerprint density at radius 3 is 2.63 bits per heavy atom. The summed E-state index contributed by atoms with van der Waals surface area (Å²) in [6.07, 6.45) is 3.05. The third-order valence-corrected chi connectivity index (χ3v) is 5.20. The van der Waals surface area contributed by atoms with Gasteiger partial charge in [0.05, 0.1) is 26.8 Å². The van der Waals surface area contributed by atoms with Gasteiger partial charge in [-0.05, 0) is 30.4 Å². The van der Waals surface area contributed by atoms with Crippen molar-refractivity contribution in [3.63, 3.8) is 0 Å². The van der Waals surface area contributed by atoms with Gasteiger partial charge in [-0.25, -0.2) is 0 Å². The van der Waals surface area contributed by atoms with E-state index in [-0.39, 0.29) is 6.10 Å². The molecule has 0 aromatic heterocycles. The SMILES string of the molecule is C[NH+](C)Cc1ccc(C[NH2+]C[C@H](O)CO[C@H]2CCCc3ccccc32)cc1. The second-order valence-electron chi connectivity index (χ2n) is 8.00. The summed E-state index contributed by atoms with van der Waals surface area (Å²) < 4.78 is 6.05. The fourth-order valence-electron chi connectivity index (χ4n) is 3.82. The molecule has 3 rings (SSSR count). The number of rotatable bonds is 9. The Kier molecular flexibility index (Phi) is 7.41. The maximum Gasteiger partial charge on any atom is 0.126 e. The molecule has 4 heteroatoms. The zero-order valence-corrected chi connectivity index (χ0v) is 16.7. The third kappa shape index (κ3) is 6.15. The first kappa shape index (κ1) is 20.0. The smallest absolute Gasteiger partial charge is 0.126 e. The van der Waals surface area contributed by atoms with Crippen LogP contribution in [0.15, 0.2) is 48.5 Å². The van der Waals surface area contributed by atoms with Gasteiger partial charge in [0.1, 0.15) is 25.7 Å². The molecule has 0 saturated heterocycles. The van der Waals surface area contributed by atoms with Crippen molar-refractivity contribution >= 4 is 0 Å². The highest BCUT2D eigenvalue weighted by atomic mass is 16.5. The lowest BCUT2D eigenvalue weighted by Gasteiger charge is -2.26. The predicted octanol–water partition coefficient (Wildman–Crippen LogP) is 0.850. The van der Waals surface area contributed by atoms with E-state index >= 15 is 0 Å². The maximum absolute atomic E-state index is 10.3. The van der Waals surface area contributed by atoms with Crippen molar-refractivity contribution in [3.8, 4) is 0 Å². The molecule has 0 spiro atoms. The van der Waals surface area contributed by atoms with Crippen molar-refractivity contribution in [2.24, 2.45) is 0 Å². The molecule has 0 aliphatic heterocycles. The first-order valence-electron chi connectivity index (χ1n) is 10.2. The quantitative estimate of drug-likeness (QED) is 0.613. The van der Waals surface area contributed by atoms with E-state index in [4.69, 9.17) is 4.74 Å². The summed E-state index contributed by atoms with van der Waals surface area (Å²) in [5.74, 6) is 0. The number of hydrogen-bond acceptors (Lipinski definition) is 2. The van der Waals surface area contributed by atoms with Crippen LogP contribution >= 0.6 is 0 Å². The van der Waals surface area contributed by atoms with Gasteiger partial charge >= 0.3 is 0 Å². The molecule has 0 unspecified atom stereocenters. The van der Waals surface area contributed by atoms with Crippen molar-refractivity contribution in [2.45, 2.75) is 44.6 Å². The van der Waals surface area contributed by atoms with Gasteiger partial charge in [-0.15, -0.1) is 0 Å². The van der Waals surface area contributed by atoms with Crippen LogP contribution in [0.25, 0.3) is 0 Å². The molecule has 0 heterocycles. The van der Waals surface area contributed by atoms with Crippen LogP contribution < -0.4 is 10.2 Å². The summed E-state index contributed by atoms with van der Waals surface area (Å²) in [6.45, 7) is 3.00. The number of aryl methyl sites for hydroxylation is 1. The fraction of sp³-hybridized carbons (Fsp3) is 0.478. The molecule has 1 aliphatic carbocycles. The van der Waals surface area contributed by atoms with Crippen LogP contribution in [0.3, 0.4) is 0 Å². The zero-order chi connectivity index (χ0) is 19.1. The lowest BCUT2D eigenvalue weighted by atomic mass is 9.89. The molecule has 4 nitrogen and oxygen atoms in total. The lowest BCUT2D eigenvalue weighted by molar-refractivity contribution is -0.872. The van der Waals surface area contributed by atoms with Crippen molar-refractivity contribution < 1.29 is 20.1 Å². The van der Waals surface area contributed by atoms with Gasteiger partial charge in [0.25, 0.3) is 0 Å². The highest BCUT2D eigenvalue weighted by Crippen LogP contribution is 2.32. The largest absolute Gasteiger partial charge is 0.385 e. The van der Waals surface area contributed by atoms with Crippen LogP contribution in [0.2, 0.25) is 0 Å². The minimum Gasteiger partial charge on any atom is -0.385 e. The topological polar surface area (TPSA) is 50.5 Å². The van der Waals surface area contributed by atoms with Gasteiger partial charge in [0.2, 0.25) is 0 Å². The first-order valence-corrected chi connectivity index (χ1v) is 10.2. The normalized spacial score (nSPS) is 17.7. The molecule has 2 atom stereocenters. The molecule has 0 amide bonds. The lowest BCUT2D eigenvalue weighted by Crippen LogP contribution is -3.04. The molecular formula is C23H34N2O2+2. The zero-order valence-electron chi connectivity index (χ0n) is 16.7.